The van der Waals surface area contributed by atoms with Gasteiger partial charge in [0, 0.05) is 0 Å². The van der Waals surface area contributed by atoms with Crippen molar-refractivity contribution < 1.29 is 4.79 Å². The molecule has 0 atom stereocenters. The first kappa shape index (κ1) is 7.53. The van der Waals surface area contributed by atoms with Gasteiger partial charge in [-0.25, -0.2) is 4.79 Å². The molecule has 1 aromatic heterocycles. The zero-order valence-corrected chi connectivity index (χ0v) is 6.61. The molecule has 0 saturated carbocycles. The zero-order chi connectivity index (χ0) is 9.26. The molecule has 0 radical (unpaired) electrons. The number of aromatic amines is 1. The predicted molar refractivity (Wildman–Crippen MR) is 47.1 cm³/mol. The van der Waals surface area contributed by atoms with Crippen LogP contribution in [0.2, 0.25) is 0 Å². The van der Waals surface area contributed by atoms with Gasteiger partial charge in [-0.05, 0) is 12.1 Å². The van der Waals surface area contributed by atoms with E-state index in [9.17, 15) is 4.79 Å². The topological polar surface area (TPSA) is 96.7 Å². The molecular weight excluding hydrogens is 170 g/mol. The maximum Gasteiger partial charge on any atom is 0.316 e. The number of carbonyl (C=O) groups is 1. The Balaban J connectivity index is 2.54. The van der Waals surface area contributed by atoms with Crippen molar-refractivity contribution in [3.63, 3.8) is 0 Å². The van der Waals surface area contributed by atoms with Crippen molar-refractivity contribution in [2.45, 2.75) is 0 Å². The SMILES string of the molecule is NC(=O)Nc1cccc2n[nH]nc12. The normalized spacial score (nSPS) is 10.2. The van der Waals surface area contributed by atoms with Crippen LogP contribution in [-0.4, -0.2) is 21.4 Å². The van der Waals surface area contributed by atoms with Gasteiger partial charge >= 0.3 is 6.03 Å². The summed E-state index contributed by atoms with van der Waals surface area (Å²) < 4.78 is 0. The van der Waals surface area contributed by atoms with Crippen molar-refractivity contribution >= 4 is 22.8 Å². The fraction of sp³-hybridized carbons (Fsp3) is 0. The summed E-state index contributed by atoms with van der Waals surface area (Å²) in [6.45, 7) is 0. The molecule has 0 bridgehead atoms. The van der Waals surface area contributed by atoms with E-state index in [1.807, 2.05) is 0 Å². The lowest BCUT2D eigenvalue weighted by Crippen LogP contribution is -2.19. The second-order valence-corrected chi connectivity index (χ2v) is 2.49. The van der Waals surface area contributed by atoms with Crippen molar-refractivity contribution in [3.8, 4) is 0 Å². The number of anilines is 1. The van der Waals surface area contributed by atoms with E-state index < -0.39 is 6.03 Å². The number of fused-ring (bicyclic) bond motifs is 1. The van der Waals surface area contributed by atoms with E-state index in [-0.39, 0.29) is 0 Å². The average molecular weight is 177 g/mol. The number of nitrogens with zero attached hydrogens (tertiary/aromatic N) is 2. The molecule has 0 aliphatic heterocycles. The number of para-hydroxylation sites is 1. The van der Waals surface area contributed by atoms with Crippen LogP contribution in [-0.2, 0) is 0 Å². The standard InChI is InChI=1S/C7H7N5O/c8-7(13)9-4-2-1-3-5-6(4)11-12-10-5/h1-3H,(H3,8,9,13)(H,10,11,12). The molecule has 6 nitrogen and oxygen atoms in total. The molecule has 2 rings (SSSR count). The number of carbonyl (C=O) groups excluding carboxylic acids is 1. The van der Waals surface area contributed by atoms with Gasteiger partial charge in [0.15, 0.2) is 0 Å². The van der Waals surface area contributed by atoms with Crippen LogP contribution in [0.4, 0.5) is 10.5 Å². The number of hydrogen-bond donors (Lipinski definition) is 3. The lowest BCUT2D eigenvalue weighted by molar-refractivity contribution is 0.259. The first-order valence-corrected chi connectivity index (χ1v) is 3.63. The van der Waals surface area contributed by atoms with Gasteiger partial charge in [0.25, 0.3) is 0 Å². The highest BCUT2D eigenvalue weighted by molar-refractivity contribution is 5.97. The molecule has 0 saturated heterocycles. The van der Waals surface area contributed by atoms with Gasteiger partial charge in [-0.1, -0.05) is 6.07 Å². The molecule has 2 amide bonds. The van der Waals surface area contributed by atoms with Crippen molar-refractivity contribution in [1.29, 1.82) is 0 Å². The first-order valence-electron chi connectivity index (χ1n) is 3.63. The Morgan fingerprint density at radius 1 is 1.46 bits per heavy atom. The quantitative estimate of drug-likeness (QED) is 0.589. The van der Waals surface area contributed by atoms with Gasteiger partial charge in [-0.15, -0.1) is 0 Å². The van der Waals surface area contributed by atoms with Crippen LogP contribution in [0.1, 0.15) is 0 Å². The Kier molecular flexibility index (Phi) is 1.59. The molecule has 13 heavy (non-hydrogen) atoms. The van der Waals surface area contributed by atoms with E-state index in [0.29, 0.717) is 16.7 Å². The summed E-state index contributed by atoms with van der Waals surface area (Å²) >= 11 is 0. The summed E-state index contributed by atoms with van der Waals surface area (Å²) in [4.78, 5) is 10.6. The number of rotatable bonds is 1. The Bertz CT molecular complexity index is 449. The van der Waals surface area contributed by atoms with Crippen LogP contribution in [0, 0.1) is 0 Å². The number of primary amides is 1. The number of urea groups is 1. The molecule has 66 valence electrons. The number of benzene rings is 1. The number of aromatic nitrogens is 3. The van der Waals surface area contributed by atoms with Crippen LogP contribution in [0.25, 0.3) is 11.0 Å². The molecule has 0 aliphatic carbocycles. The van der Waals surface area contributed by atoms with Gasteiger partial charge in [0.05, 0.1) is 5.69 Å². The molecular formula is C7H7N5O. The van der Waals surface area contributed by atoms with E-state index >= 15 is 0 Å². The van der Waals surface area contributed by atoms with Crippen LogP contribution < -0.4 is 11.1 Å². The molecule has 0 spiro atoms. The third kappa shape index (κ3) is 1.28. The number of nitrogens with one attached hydrogen (secondary N) is 2. The molecule has 2 aromatic rings. The summed E-state index contributed by atoms with van der Waals surface area (Å²) in [6, 6.07) is 4.63. The molecule has 0 aliphatic rings. The van der Waals surface area contributed by atoms with Crippen LogP contribution in [0.15, 0.2) is 18.2 Å². The van der Waals surface area contributed by atoms with E-state index in [0.717, 1.165) is 0 Å². The minimum atomic E-state index is -0.615. The van der Waals surface area contributed by atoms with Crippen LogP contribution in [0.3, 0.4) is 0 Å². The summed E-state index contributed by atoms with van der Waals surface area (Å²) in [5.74, 6) is 0. The molecule has 6 heteroatoms. The molecule has 0 unspecified atom stereocenters. The first-order chi connectivity index (χ1) is 6.27. The Hall–Kier alpha value is -2.11. The third-order valence-corrected chi connectivity index (χ3v) is 1.60. The lowest BCUT2D eigenvalue weighted by atomic mass is 10.3. The van der Waals surface area contributed by atoms with E-state index in [1.54, 1.807) is 18.2 Å². The van der Waals surface area contributed by atoms with E-state index in [2.05, 4.69) is 20.7 Å². The molecule has 4 N–H and O–H groups in total. The summed E-state index contributed by atoms with van der Waals surface area (Å²) in [5, 5.41) is 12.6. The van der Waals surface area contributed by atoms with Gasteiger partial charge < -0.3 is 11.1 Å². The zero-order valence-electron chi connectivity index (χ0n) is 6.61. The van der Waals surface area contributed by atoms with Gasteiger partial charge in [-0.2, -0.15) is 15.4 Å². The molecule has 1 heterocycles. The van der Waals surface area contributed by atoms with Crippen molar-refractivity contribution in [1.82, 2.24) is 15.4 Å². The second kappa shape index (κ2) is 2.74. The summed E-state index contributed by atoms with van der Waals surface area (Å²) in [6.07, 6.45) is 0. The fourth-order valence-corrected chi connectivity index (χ4v) is 1.10. The highest BCUT2D eigenvalue weighted by Gasteiger charge is 2.04. The Labute approximate surface area is 73.1 Å². The van der Waals surface area contributed by atoms with Crippen LogP contribution in [0.5, 0.6) is 0 Å². The fourth-order valence-electron chi connectivity index (χ4n) is 1.10. The lowest BCUT2D eigenvalue weighted by Gasteiger charge is -1.99. The van der Waals surface area contributed by atoms with E-state index in [1.165, 1.54) is 0 Å². The number of amides is 2. The van der Waals surface area contributed by atoms with Crippen molar-refractivity contribution in [2.24, 2.45) is 5.73 Å². The van der Waals surface area contributed by atoms with Gasteiger partial charge in [0.2, 0.25) is 0 Å². The highest BCUT2D eigenvalue weighted by Crippen LogP contribution is 2.17. The smallest absolute Gasteiger partial charge is 0.316 e. The molecule has 1 aromatic carbocycles. The minimum Gasteiger partial charge on any atom is -0.351 e. The maximum atomic E-state index is 10.6. The summed E-state index contributed by atoms with van der Waals surface area (Å²) in [7, 11) is 0. The van der Waals surface area contributed by atoms with Crippen LogP contribution >= 0.6 is 0 Å². The predicted octanol–water partition coefficient (Wildman–Crippen LogP) is 0.449. The largest absolute Gasteiger partial charge is 0.351 e. The number of nitrogens with two attached hydrogens (primary N) is 1. The van der Waals surface area contributed by atoms with Crippen molar-refractivity contribution in [3.05, 3.63) is 18.2 Å². The third-order valence-electron chi connectivity index (χ3n) is 1.60. The number of hydrogen-bond acceptors (Lipinski definition) is 3. The average Bonchev–Trinajstić information content (AvgIpc) is 2.51. The highest BCUT2D eigenvalue weighted by atomic mass is 16.2. The number of H-pyrrole nitrogens is 1. The summed E-state index contributed by atoms with van der Waals surface area (Å²) in [5.41, 5.74) is 6.81. The van der Waals surface area contributed by atoms with E-state index in [4.69, 9.17) is 5.73 Å². The van der Waals surface area contributed by atoms with Gasteiger partial charge in [-0.3, -0.25) is 0 Å². The Morgan fingerprint density at radius 3 is 3.08 bits per heavy atom. The second-order valence-electron chi connectivity index (χ2n) is 2.49. The van der Waals surface area contributed by atoms with Gasteiger partial charge in [0.1, 0.15) is 11.0 Å². The monoisotopic (exact) mass is 177 g/mol. The minimum absolute atomic E-state index is 0.554. The Morgan fingerprint density at radius 2 is 2.31 bits per heavy atom. The maximum absolute atomic E-state index is 10.6. The van der Waals surface area contributed by atoms with Crippen molar-refractivity contribution in [2.75, 3.05) is 5.32 Å². The molecule has 0 fully saturated rings.